The predicted octanol–water partition coefficient (Wildman–Crippen LogP) is 4.77. The second-order valence-electron chi connectivity index (χ2n) is 11.7. The summed E-state index contributed by atoms with van der Waals surface area (Å²) < 4.78 is 5.54. The standard InChI is InChI=1S/C25H40O4/c1-14-11-21-19-12-15(2)25(28)13-18(29-17(4)27)7-10-24(25,6)20(19)8-9-23(21,5)22(14)16(3)26/h14-15,18-22,28H,7-13H2,1-6H3/t14-,15-,18+,19-,20+,21+,22-,23+,24-,25?/m1/s1. The Hall–Kier alpha value is -0.900. The van der Waals surface area contributed by atoms with E-state index in [0.717, 1.165) is 38.5 Å². The molecule has 0 amide bonds. The Kier molecular flexibility index (Phi) is 5.00. The van der Waals surface area contributed by atoms with Gasteiger partial charge in [0.05, 0.1) is 5.60 Å². The molecule has 164 valence electrons. The third-order valence-corrected chi connectivity index (χ3v) is 10.3. The van der Waals surface area contributed by atoms with Gasteiger partial charge in [-0.3, -0.25) is 9.59 Å². The third-order valence-electron chi connectivity index (χ3n) is 10.3. The van der Waals surface area contributed by atoms with Crippen LogP contribution in [0.2, 0.25) is 0 Å². The van der Waals surface area contributed by atoms with Crippen molar-refractivity contribution in [3.8, 4) is 0 Å². The van der Waals surface area contributed by atoms with Crippen LogP contribution in [0.15, 0.2) is 0 Å². The number of ketones is 1. The maximum atomic E-state index is 12.5. The van der Waals surface area contributed by atoms with Gasteiger partial charge in [-0.1, -0.05) is 27.7 Å². The SMILES string of the molecule is CC(=O)O[C@H]1CC[C@]2(C)[C@H]3CC[C@@]4(C)[C@@H](C[C@@H](C)[C@@H]4C(C)=O)[C@@H]3C[C@@H](C)C2(O)C1. The number of rotatable bonds is 2. The van der Waals surface area contributed by atoms with Crippen molar-refractivity contribution >= 4 is 11.8 Å². The normalized spacial score (nSPS) is 54.1. The quantitative estimate of drug-likeness (QED) is 0.673. The van der Waals surface area contributed by atoms with Gasteiger partial charge >= 0.3 is 5.97 Å². The van der Waals surface area contributed by atoms with Crippen LogP contribution in [0.3, 0.4) is 0 Å². The first-order valence-electron chi connectivity index (χ1n) is 11.8. The van der Waals surface area contributed by atoms with Crippen molar-refractivity contribution in [2.24, 2.45) is 46.3 Å². The fourth-order valence-electron chi connectivity index (χ4n) is 9.21. The van der Waals surface area contributed by atoms with E-state index in [2.05, 4.69) is 27.7 Å². The van der Waals surface area contributed by atoms with Crippen molar-refractivity contribution in [1.29, 1.82) is 0 Å². The zero-order valence-electron chi connectivity index (χ0n) is 19.2. The van der Waals surface area contributed by atoms with Crippen LogP contribution in [0.5, 0.6) is 0 Å². The van der Waals surface area contributed by atoms with E-state index >= 15 is 0 Å². The van der Waals surface area contributed by atoms with E-state index in [4.69, 9.17) is 4.74 Å². The van der Waals surface area contributed by atoms with E-state index in [-0.39, 0.29) is 34.7 Å². The summed E-state index contributed by atoms with van der Waals surface area (Å²) in [5, 5.41) is 12.0. The van der Waals surface area contributed by atoms with Crippen LogP contribution in [0.4, 0.5) is 0 Å². The molecule has 0 radical (unpaired) electrons. The molecule has 4 heteroatoms. The zero-order chi connectivity index (χ0) is 21.4. The number of carbonyl (C=O) groups excluding carboxylic acids is 2. The van der Waals surface area contributed by atoms with E-state index in [1.165, 1.54) is 6.92 Å². The molecule has 10 atom stereocenters. The van der Waals surface area contributed by atoms with Gasteiger partial charge < -0.3 is 9.84 Å². The third kappa shape index (κ3) is 2.87. The lowest BCUT2D eigenvalue weighted by molar-refractivity contribution is -0.246. The Morgan fingerprint density at radius 1 is 1.00 bits per heavy atom. The molecule has 0 aromatic rings. The minimum absolute atomic E-state index is 0.118. The summed E-state index contributed by atoms with van der Waals surface area (Å²) in [5.41, 5.74) is -0.789. The Bertz CT molecular complexity index is 703. The molecule has 1 unspecified atom stereocenters. The van der Waals surface area contributed by atoms with E-state index in [0.29, 0.717) is 35.9 Å². The molecule has 0 spiro atoms. The van der Waals surface area contributed by atoms with Crippen molar-refractivity contribution < 1.29 is 19.4 Å². The van der Waals surface area contributed by atoms with Gasteiger partial charge in [0.2, 0.25) is 0 Å². The highest BCUT2D eigenvalue weighted by atomic mass is 16.5. The number of hydrogen-bond acceptors (Lipinski definition) is 4. The molecule has 4 saturated carbocycles. The molecule has 29 heavy (non-hydrogen) atoms. The molecule has 4 aliphatic rings. The molecule has 0 aromatic carbocycles. The van der Waals surface area contributed by atoms with Gasteiger partial charge in [-0.2, -0.15) is 0 Å². The minimum atomic E-state index is -0.773. The molecule has 0 bridgehead atoms. The highest BCUT2D eigenvalue weighted by Crippen LogP contribution is 2.70. The van der Waals surface area contributed by atoms with Gasteiger partial charge in [-0.25, -0.2) is 0 Å². The van der Waals surface area contributed by atoms with Gasteiger partial charge in [0.25, 0.3) is 0 Å². The monoisotopic (exact) mass is 404 g/mol. The molecule has 4 rings (SSSR count). The summed E-state index contributed by atoms with van der Waals surface area (Å²) in [4.78, 5) is 24.0. The topological polar surface area (TPSA) is 63.6 Å². The number of Topliss-reactive ketones (excluding diaryl/α,β-unsaturated/α-hetero) is 1. The Balaban J connectivity index is 1.65. The van der Waals surface area contributed by atoms with Crippen molar-refractivity contribution in [3.05, 3.63) is 0 Å². The summed E-state index contributed by atoms with van der Waals surface area (Å²) in [6, 6.07) is 0. The smallest absolute Gasteiger partial charge is 0.302 e. The molecule has 0 aromatic heterocycles. The summed E-state index contributed by atoms with van der Waals surface area (Å²) in [7, 11) is 0. The minimum Gasteiger partial charge on any atom is -0.462 e. The molecule has 0 saturated heterocycles. The van der Waals surface area contributed by atoms with Gasteiger partial charge in [0.15, 0.2) is 0 Å². The summed E-state index contributed by atoms with van der Waals surface area (Å²) >= 11 is 0. The van der Waals surface area contributed by atoms with Crippen LogP contribution < -0.4 is 0 Å². The predicted molar refractivity (Wildman–Crippen MR) is 112 cm³/mol. The number of esters is 1. The van der Waals surface area contributed by atoms with Crippen LogP contribution in [-0.4, -0.2) is 28.6 Å². The van der Waals surface area contributed by atoms with Crippen LogP contribution in [0.1, 0.15) is 86.5 Å². The average Bonchev–Trinajstić information content (AvgIpc) is 2.87. The highest BCUT2D eigenvalue weighted by molar-refractivity contribution is 5.80. The van der Waals surface area contributed by atoms with Gasteiger partial charge in [0.1, 0.15) is 11.9 Å². The fraction of sp³-hybridized carbons (Fsp3) is 0.920. The number of hydrogen-bond donors (Lipinski definition) is 1. The molecular weight excluding hydrogens is 364 g/mol. The molecule has 1 N–H and O–H groups in total. The molecule has 4 nitrogen and oxygen atoms in total. The Morgan fingerprint density at radius 2 is 1.69 bits per heavy atom. The summed E-state index contributed by atoms with van der Waals surface area (Å²) in [5.74, 6) is 2.63. The first kappa shape index (κ1) is 21.3. The lowest BCUT2D eigenvalue weighted by Gasteiger charge is -2.66. The molecule has 0 heterocycles. The molecule has 0 aliphatic heterocycles. The van der Waals surface area contributed by atoms with Crippen LogP contribution in [0, 0.1) is 46.3 Å². The lowest BCUT2D eigenvalue weighted by Crippen LogP contribution is -2.66. The lowest BCUT2D eigenvalue weighted by atomic mass is 9.41. The Labute approximate surface area is 176 Å². The zero-order valence-corrected chi connectivity index (χ0v) is 19.2. The first-order chi connectivity index (χ1) is 13.4. The second kappa shape index (κ2) is 6.80. The van der Waals surface area contributed by atoms with E-state index in [1.54, 1.807) is 6.92 Å². The number of aliphatic hydroxyl groups is 1. The molecule has 4 fully saturated rings. The van der Waals surface area contributed by atoms with E-state index in [9.17, 15) is 14.7 Å². The summed E-state index contributed by atoms with van der Waals surface area (Å²) in [6.45, 7) is 12.4. The first-order valence-corrected chi connectivity index (χ1v) is 11.8. The van der Waals surface area contributed by atoms with Gasteiger partial charge in [-0.15, -0.1) is 0 Å². The van der Waals surface area contributed by atoms with Crippen LogP contribution in [-0.2, 0) is 14.3 Å². The van der Waals surface area contributed by atoms with Crippen molar-refractivity contribution in [2.45, 2.75) is 98.2 Å². The van der Waals surface area contributed by atoms with E-state index < -0.39 is 5.60 Å². The Morgan fingerprint density at radius 3 is 2.31 bits per heavy atom. The number of fused-ring (bicyclic) bond motifs is 5. The van der Waals surface area contributed by atoms with Gasteiger partial charge in [0, 0.05) is 19.3 Å². The van der Waals surface area contributed by atoms with Crippen molar-refractivity contribution in [1.82, 2.24) is 0 Å². The van der Waals surface area contributed by atoms with Crippen molar-refractivity contribution in [2.75, 3.05) is 0 Å². The number of carbonyl (C=O) groups is 2. The summed E-state index contributed by atoms with van der Waals surface area (Å²) in [6.07, 6.45) is 6.57. The number of ether oxygens (including phenoxy) is 1. The molecule has 4 aliphatic carbocycles. The largest absolute Gasteiger partial charge is 0.462 e. The van der Waals surface area contributed by atoms with Gasteiger partial charge in [-0.05, 0) is 85.9 Å². The maximum absolute atomic E-state index is 12.5. The molecular formula is C25H40O4. The van der Waals surface area contributed by atoms with Crippen LogP contribution >= 0.6 is 0 Å². The second-order valence-corrected chi connectivity index (χ2v) is 11.7. The fourth-order valence-corrected chi connectivity index (χ4v) is 9.21. The van der Waals surface area contributed by atoms with Crippen LogP contribution in [0.25, 0.3) is 0 Å². The average molecular weight is 405 g/mol. The maximum Gasteiger partial charge on any atom is 0.302 e. The highest BCUT2D eigenvalue weighted by Gasteiger charge is 2.67. The van der Waals surface area contributed by atoms with Crippen molar-refractivity contribution in [3.63, 3.8) is 0 Å². The van der Waals surface area contributed by atoms with E-state index in [1.807, 2.05) is 0 Å².